The van der Waals surface area contributed by atoms with E-state index < -0.39 is 34.5 Å². The number of nitrogens with zero attached hydrogens (tertiary/aromatic N) is 3. The Morgan fingerprint density at radius 2 is 1.81 bits per heavy atom. The number of sulfonamides is 1. The normalized spacial score (nSPS) is 14.6. The van der Waals surface area contributed by atoms with E-state index in [9.17, 15) is 27.9 Å². The first-order valence-electron chi connectivity index (χ1n) is 10.8. The Balaban J connectivity index is 1.52. The van der Waals surface area contributed by atoms with E-state index in [2.05, 4.69) is 10.0 Å². The van der Waals surface area contributed by atoms with Crippen LogP contribution < -0.4 is 19.7 Å². The van der Waals surface area contributed by atoms with Crippen LogP contribution in [0.4, 0.5) is 5.69 Å². The van der Waals surface area contributed by atoms with Crippen molar-refractivity contribution >= 4 is 33.5 Å². The molecule has 0 saturated carbocycles. The summed E-state index contributed by atoms with van der Waals surface area (Å²) in [5.41, 5.74) is 1.28. The Hall–Kier alpha value is -4.15. The molecule has 1 saturated heterocycles. The molecule has 12 nitrogen and oxygen atoms in total. The van der Waals surface area contributed by atoms with Gasteiger partial charge in [0, 0.05) is 25.3 Å². The first-order valence-corrected chi connectivity index (χ1v) is 12.3. The van der Waals surface area contributed by atoms with Crippen molar-refractivity contribution in [3.63, 3.8) is 0 Å². The highest BCUT2D eigenvalue weighted by atomic mass is 32.2. The molecule has 36 heavy (non-hydrogen) atoms. The molecule has 2 aromatic carbocycles. The smallest absolute Gasteiger partial charge is 0.323 e. The zero-order valence-electron chi connectivity index (χ0n) is 19.4. The summed E-state index contributed by atoms with van der Waals surface area (Å²) in [7, 11) is -2.75. The number of amides is 2. The topological polar surface area (TPSA) is 169 Å². The van der Waals surface area contributed by atoms with Crippen molar-refractivity contribution in [1.82, 2.24) is 14.9 Å². The van der Waals surface area contributed by atoms with Gasteiger partial charge in [-0.2, -0.15) is 9.98 Å². The number of carbonyl (C=O) groups excluding carboxylic acids is 2. The fourth-order valence-electron chi connectivity index (χ4n) is 3.48. The van der Waals surface area contributed by atoms with Gasteiger partial charge in [-0.3, -0.25) is 14.4 Å². The van der Waals surface area contributed by atoms with Crippen molar-refractivity contribution in [1.29, 1.82) is 5.26 Å². The fraction of sp³-hybridized carbons (Fsp3) is 0.304. The van der Waals surface area contributed by atoms with Crippen LogP contribution in [0.15, 0.2) is 53.4 Å². The lowest BCUT2D eigenvalue weighted by Crippen LogP contribution is -2.54. The molecule has 0 aliphatic carbocycles. The van der Waals surface area contributed by atoms with E-state index in [4.69, 9.17) is 10.00 Å². The molecular formula is C23H25N5O7S. The summed E-state index contributed by atoms with van der Waals surface area (Å²) in [5, 5.41) is 20.7. The second-order valence-electron chi connectivity index (χ2n) is 7.89. The third-order valence-corrected chi connectivity index (χ3v) is 6.97. The maximum absolute atomic E-state index is 12.5. The maximum Gasteiger partial charge on any atom is 0.323 e. The van der Waals surface area contributed by atoms with Gasteiger partial charge < -0.3 is 25.0 Å². The van der Waals surface area contributed by atoms with E-state index in [0.29, 0.717) is 17.9 Å². The summed E-state index contributed by atoms with van der Waals surface area (Å²) >= 11 is 0. The number of benzene rings is 2. The van der Waals surface area contributed by atoms with Gasteiger partial charge in [-0.1, -0.05) is 0 Å². The van der Waals surface area contributed by atoms with Crippen LogP contribution in [0.1, 0.15) is 5.56 Å². The summed E-state index contributed by atoms with van der Waals surface area (Å²) in [6.07, 6.45) is 0. The minimum atomic E-state index is -4.18. The standard InChI is InChI=1S/C23H25N5O7S/c1-35-18-6-8-19(9-7-18)36(33,34)26-20(23(31)32)13-25-21(29)14-28-11-10-27(15-22(28)30)17-4-2-16(12-24)3-5-17/h2-9,20,26H,10-11,13-15H2,1H3,(H,25,29)(H,31,32)/t20-/m0/s1. The summed E-state index contributed by atoms with van der Waals surface area (Å²) < 4.78 is 32.1. The number of anilines is 1. The second-order valence-corrected chi connectivity index (χ2v) is 9.60. The number of aliphatic carboxylic acids is 1. The maximum atomic E-state index is 12.5. The zero-order chi connectivity index (χ0) is 26.3. The molecule has 0 radical (unpaired) electrons. The Labute approximate surface area is 208 Å². The predicted octanol–water partition coefficient (Wildman–Crippen LogP) is -0.237. The van der Waals surface area contributed by atoms with Gasteiger partial charge in [0.05, 0.1) is 36.7 Å². The highest BCUT2D eigenvalue weighted by Crippen LogP contribution is 2.18. The number of carboxylic acid groups (broad SMARTS) is 1. The monoisotopic (exact) mass is 515 g/mol. The first kappa shape index (κ1) is 26.5. The van der Waals surface area contributed by atoms with Crippen LogP contribution in [0, 0.1) is 11.3 Å². The van der Waals surface area contributed by atoms with Crippen molar-refractivity contribution in [3.8, 4) is 11.8 Å². The van der Waals surface area contributed by atoms with E-state index in [0.717, 1.165) is 5.69 Å². The number of nitriles is 1. The quantitative estimate of drug-likeness (QED) is 0.387. The molecule has 2 amide bonds. The minimum Gasteiger partial charge on any atom is -0.497 e. The number of nitrogens with one attached hydrogen (secondary N) is 2. The molecule has 0 unspecified atom stereocenters. The van der Waals surface area contributed by atoms with Crippen LogP contribution in [-0.4, -0.2) is 82.1 Å². The third kappa shape index (κ3) is 6.71. The average molecular weight is 516 g/mol. The first-order chi connectivity index (χ1) is 17.1. The Morgan fingerprint density at radius 3 is 2.36 bits per heavy atom. The number of piperazine rings is 1. The fourth-order valence-corrected chi connectivity index (χ4v) is 4.67. The van der Waals surface area contributed by atoms with E-state index in [1.165, 1.54) is 36.3 Å². The summed E-state index contributed by atoms with van der Waals surface area (Å²) in [6, 6.07) is 12.6. The minimum absolute atomic E-state index is 0.0403. The van der Waals surface area contributed by atoms with Gasteiger partial charge >= 0.3 is 5.97 Å². The van der Waals surface area contributed by atoms with Crippen LogP contribution in [-0.2, 0) is 24.4 Å². The summed E-state index contributed by atoms with van der Waals surface area (Å²) in [5.74, 6) is -1.96. The summed E-state index contributed by atoms with van der Waals surface area (Å²) in [6.45, 7) is -0.0395. The van der Waals surface area contributed by atoms with Gasteiger partial charge in [-0.25, -0.2) is 8.42 Å². The number of rotatable bonds is 10. The van der Waals surface area contributed by atoms with Gasteiger partial charge in [0.15, 0.2) is 0 Å². The molecule has 3 rings (SSSR count). The Kier molecular flexibility index (Phi) is 8.46. The van der Waals surface area contributed by atoms with Gasteiger partial charge in [-0.05, 0) is 48.5 Å². The number of hydrogen-bond acceptors (Lipinski definition) is 8. The average Bonchev–Trinajstić information content (AvgIpc) is 2.87. The number of carboxylic acids is 1. The van der Waals surface area contributed by atoms with Crippen LogP contribution >= 0.6 is 0 Å². The van der Waals surface area contributed by atoms with Gasteiger partial charge in [0.1, 0.15) is 11.8 Å². The van der Waals surface area contributed by atoms with Crippen molar-refractivity contribution in [2.45, 2.75) is 10.9 Å². The number of methoxy groups -OCH3 is 1. The van der Waals surface area contributed by atoms with Crippen LogP contribution in [0.3, 0.4) is 0 Å². The van der Waals surface area contributed by atoms with E-state index in [1.807, 2.05) is 11.0 Å². The predicted molar refractivity (Wildman–Crippen MR) is 128 cm³/mol. The number of ether oxygens (including phenoxy) is 1. The lowest BCUT2D eigenvalue weighted by atomic mass is 10.2. The molecule has 1 aliphatic rings. The third-order valence-electron chi connectivity index (χ3n) is 5.48. The molecule has 1 aliphatic heterocycles. The number of hydrogen-bond donors (Lipinski definition) is 3. The zero-order valence-corrected chi connectivity index (χ0v) is 20.2. The molecule has 0 bridgehead atoms. The van der Waals surface area contributed by atoms with Crippen LogP contribution in [0.5, 0.6) is 5.75 Å². The van der Waals surface area contributed by atoms with Crippen molar-refractivity contribution in [3.05, 3.63) is 54.1 Å². The Bertz CT molecular complexity index is 1260. The molecule has 1 heterocycles. The molecule has 1 atom stereocenters. The molecule has 1 fully saturated rings. The molecule has 190 valence electrons. The molecule has 0 aromatic heterocycles. The van der Waals surface area contributed by atoms with Crippen LogP contribution in [0.2, 0.25) is 0 Å². The molecule has 0 spiro atoms. The Morgan fingerprint density at radius 1 is 1.14 bits per heavy atom. The van der Waals surface area contributed by atoms with Gasteiger partial charge in [0.25, 0.3) is 0 Å². The van der Waals surface area contributed by atoms with E-state index in [1.54, 1.807) is 24.3 Å². The SMILES string of the molecule is COc1ccc(S(=O)(=O)N[C@@H](CNC(=O)CN2CCN(c3ccc(C#N)cc3)CC2=O)C(=O)O)cc1. The molecule has 2 aromatic rings. The lowest BCUT2D eigenvalue weighted by molar-refractivity contribution is -0.139. The highest BCUT2D eigenvalue weighted by molar-refractivity contribution is 7.89. The van der Waals surface area contributed by atoms with Crippen molar-refractivity contribution in [2.24, 2.45) is 0 Å². The lowest BCUT2D eigenvalue weighted by Gasteiger charge is -2.35. The molecular weight excluding hydrogens is 490 g/mol. The van der Waals surface area contributed by atoms with E-state index in [-0.39, 0.29) is 30.4 Å². The van der Waals surface area contributed by atoms with Gasteiger partial charge in [-0.15, -0.1) is 0 Å². The van der Waals surface area contributed by atoms with Crippen molar-refractivity contribution < 1.29 is 32.6 Å². The van der Waals surface area contributed by atoms with Crippen LogP contribution in [0.25, 0.3) is 0 Å². The molecule has 3 N–H and O–H groups in total. The number of carbonyl (C=O) groups is 3. The summed E-state index contributed by atoms with van der Waals surface area (Å²) in [4.78, 5) is 39.5. The largest absolute Gasteiger partial charge is 0.497 e. The second kappa shape index (κ2) is 11.5. The highest BCUT2D eigenvalue weighted by Gasteiger charge is 2.28. The van der Waals surface area contributed by atoms with Crippen molar-refractivity contribution in [2.75, 3.05) is 44.7 Å². The molecule has 13 heteroatoms. The van der Waals surface area contributed by atoms with Gasteiger partial charge in [0.2, 0.25) is 21.8 Å². The van der Waals surface area contributed by atoms with E-state index >= 15 is 0 Å².